The number of hydrogen-bond donors (Lipinski definition) is 1. The summed E-state index contributed by atoms with van der Waals surface area (Å²) >= 11 is 0. The van der Waals surface area contributed by atoms with E-state index in [1.165, 1.54) is 6.92 Å². The largest absolute Gasteiger partial charge is 0.399 e. The van der Waals surface area contributed by atoms with Gasteiger partial charge in [-0.3, -0.25) is 14.8 Å². The Balaban J connectivity index is 1.71. The third-order valence-corrected chi connectivity index (χ3v) is 4.36. The lowest BCUT2D eigenvalue weighted by Gasteiger charge is -2.20. The topological polar surface area (TPSA) is 84.5 Å². The molecule has 0 radical (unpaired) electrons. The van der Waals surface area contributed by atoms with E-state index in [1.54, 1.807) is 17.4 Å². The van der Waals surface area contributed by atoms with Gasteiger partial charge in [0, 0.05) is 31.4 Å². The first kappa shape index (κ1) is 15.3. The van der Waals surface area contributed by atoms with Gasteiger partial charge in [0.15, 0.2) is 0 Å². The van der Waals surface area contributed by atoms with Crippen LogP contribution >= 0.6 is 0 Å². The fourth-order valence-electron chi connectivity index (χ4n) is 3.10. The highest BCUT2D eigenvalue weighted by Crippen LogP contribution is 2.33. The average Bonchev–Trinajstić information content (AvgIpc) is 3.07. The van der Waals surface area contributed by atoms with Crippen molar-refractivity contribution in [3.8, 4) is 0 Å². The zero-order valence-corrected chi connectivity index (χ0v) is 13.8. The van der Waals surface area contributed by atoms with Gasteiger partial charge in [0.25, 0.3) is 0 Å². The minimum Gasteiger partial charge on any atom is -0.399 e. The zero-order valence-electron chi connectivity index (χ0n) is 13.8. The molecule has 1 aliphatic rings. The number of rotatable bonds is 2. The summed E-state index contributed by atoms with van der Waals surface area (Å²) in [7, 11) is 0. The first-order valence-electron chi connectivity index (χ1n) is 8.06. The Bertz CT molecular complexity index is 981. The molecule has 1 amide bonds. The number of hydrogen-bond acceptors (Lipinski definition) is 5. The van der Waals surface area contributed by atoms with Gasteiger partial charge in [-0.2, -0.15) is 5.10 Å². The van der Waals surface area contributed by atoms with E-state index in [-0.39, 0.29) is 11.9 Å². The van der Waals surface area contributed by atoms with Gasteiger partial charge in [0.1, 0.15) is 0 Å². The summed E-state index contributed by atoms with van der Waals surface area (Å²) in [5, 5.41) is 6.09. The van der Waals surface area contributed by atoms with Gasteiger partial charge in [0.05, 0.1) is 22.8 Å². The minimum absolute atomic E-state index is 0.0883. The van der Waals surface area contributed by atoms with Crippen molar-refractivity contribution in [3.63, 3.8) is 0 Å². The van der Waals surface area contributed by atoms with E-state index in [0.29, 0.717) is 12.1 Å². The van der Waals surface area contributed by atoms with Crippen molar-refractivity contribution in [1.82, 2.24) is 15.0 Å². The van der Waals surface area contributed by atoms with E-state index in [2.05, 4.69) is 15.1 Å². The Labute approximate surface area is 145 Å². The van der Waals surface area contributed by atoms with Crippen LogP contribution in [-0.2, 0) is 4.79 Å². The standard InChI is InChI=1S/C19H17N5O/c1-12(25)24-19(11-17(23-24)13-2-5-15(20)6-3-13)14-4-7-16-18(10-14)22-9-8-21-16/h2-10,19H,11,20H2,1H3. The number of fused-ring (bicyclic) bond motifs is 1. The lowest BCUT2D eigenvalue weighted by Crippen LogP contribution is -2.24. The van der Waals surface area contributed by atoms with Gasteiger partial charge < -0.3 is 5.73 Å². The van der Waals surface area contributed by atoms with Crippen molar-refractivity contribution in [2.75, 3.05) is 5.73 Å². The third-order valence-electron chi connectivity index (χ3n) is 4.36. The summed E-state index contributed by atoms with van der Waals surface area (Å²) in [6.07, 6.45) is 3.98. The molecule has 25 heavy (non-hydrogen) atoms. The molecule has 2 heterocycles. The lowest BCUT2D eigenvalue weighted by molar-refractivity contribution is -0.130. The van der Waals surface area contributed by atoms with Crippen molar-refractivity contribution in [2.45, 2.75) is 19.4 Å². The number of anilines is 1. The molecule has 2 N–H and O–H groups in total. The molecule has 1 aromatic heterocycles. The maximum absolute atomic E-state index is 12.1. The Kier molecular flexibility index (Phi) is 3.65. The number of amides is 1. The molecule has 0 aliphatic carbocycles. The molecule has 0 fully saturated rings. The van der Waals surface area contributed by atoms with Gasteiger partial charge in [-0.05, 0) is 35.4 Å². The first-order chi connectivity index (χ1) is 12.1. The molecule has 3 aromatic rings. The minimum atomic E-state index is -0.142. The van der Waals surface area contributed by atoms with Crippen LogP contribution in [0.2, 0.25) is 0 Å². The van der Waals surface area contributed by atoms with Crippen molar-refractivity contribution < 1.29 is 4.79 Å². The number of nitrogens with two attached hydrogens (primary N) is 1. The molecule has 0 bridgehead atoms. The number of hydrazone groups is 1. The summed E-state index contributed by atoms with van der Waals surface area (Å²) in [6, 6.07) is 13.3. The van der Waals surface area contributed by atoms with Crippen LogP contribution in [0.4, 0.5) is 5.69 Å². The third kappa shape index (κ3) is 2.82. The Morgan fingerprint density at radius 3 is 2.52 bits per heavy atom. The fourth-order valence-corrected chi connectivity index (χ4v) is 3.10. The van der Waals surface area contributed by atoms with Crippen LogP contribution in [0.1, 0.15) is 30.5 Å². The molecule has 2 aromatic carbocycles. The van der Waals surface area contributed by atoms with Crippen molar-refractivity contribution in [3.05, 3.63) is 66.0 Å². The molecule has 4 rings (SSSR count). The highest BCUT2D eigenvalue weighted by atomic mass is 16.2. The van der Waals surface area contributed by atoms with Crippen LogP contribution in [0.3, 0.4) is 0 Å². The van der Waals surface area contributed by atoms with Crippen LogP contribution in [0.15, 0.2) is 60.0 Å². The summed E-state index contributed by atoms with van der Waals surface area (Å²) in [5.41, 5.74) is 10.9. The molecular weight excluding hydrogens is 314 g/mol. The highest BCUT2D eigenvalue weighted by Gasteiger charge is 2.31. The SMILES string of the molecule is CC(=O)N1N=C(c2ccc(N)cc2)CC1c1ccc2nccnc2c1. The van der Waals surface area contributed by atoms with E-state index in [1.807, 2.05) is 42.5 Å². The quantitative estimate of drug-likeness (QED) is 0.732. The predicted molar refractivity (Wildman–Crippen MR) is 96.8 cm³/mol. The number of nitrogens with zero attached hydrogens (tertiary/aromatic N) is 4. The summed E-state index contributed by atoms with van der Waals surface area (Å²) in [4.78, 5) is 20.7. The van der Waals surface area contributed by atoms with Gasteiger partial charge in [-0.1, -0.05) is 18.2 Å². The maximum Gasteiger partial charge on any atom is 0.240 e. The predicted octanol–water partition coefficient (Wildman–Crippen LogP) is 2.91. The summed E-state index contributed by atoms with van der Waals surface area (Å²) < 4.78 is 0. The van der Waals surface area contributed by atoms with Crippen molar-refractivity contribution in [1.29, 1.82) is 0 Å². The summed E-state index contributed by atoms with van der Waals surface area (Å²) in [6.45, 7) is 1.53. The number of benzene rings is 2. The Morgan fingerprint density at radius 1 is 1.08 bits per heavy atom. The van der Waals surface area contributed by atoms with E-state index in [0.717, 1.165) is 27.9 Å². The van der Waals surface area contributed by atoms with Gasteiger partial charge in [0.2, 0.25) is 5.91 Å². The molecule has 0 saturated carbocycles. The molecule has 0 saturated heterocycles. The molecular formula is C19H17N5O. The molecule has 6 nitrogen and oxygen atoms in total. The molecule has 124 valence electrons. The smallest absolute Gasteiger partial charge is 0.240 e. The molecule has 0 spiro atoms. The summed E-state index contributed by atoms with van der Waals surface area (Å²) in [5.74, 6) is -0.0883. The van der Waals surface area contributed by atoms with Crippen LogP contribution < -0.4 is 5.73 Å². The number of nitrogen functional groups attached to an aromatic ring is 1. The Hall–Kier alpha value is -3.28. The van der Waals surface area contributed by atoms with Crippen molar-refractivity contribution in [2.24, 2.45) is 5.10 Å². The van der Waals surface area contributed by atoms with Gasteiger partial charge in [-0.25, -0.2) is 5.01 Å². The molecule has 6 heteroatoms. The van der Waals surface area contributed by atoms with Crippen LogP contribution in [0, 0.1) is 0 Å². The molecule has 1 atom stereocenters. The van der Waals surface area contributed by atoms with E-state index in [4.69, 9.17) is 5.73 Å². The normalized spacial score (nSPS) is 16.9. The molecule has 1 aliphatic heterocycles. The van der Waals surface area contributed by atoms with Crippen molar-refractivity contribution >= 4 is 28.3 Å². The fraction of sp³-hybridized carbons (Fsp3) is 0.158. The van der Waals surface area contributed by atoms with E-state index >= 15 is 0 Å². The monoisotopic (exact) mass is 331 g/mol. The second kappa shape index (κ2) is 5.98. The zero-order chi connectivity index (χ0) is 17.4. The van der Waals surface area contributed by atoms with E-state index in [9.17, 15) is 4.79 Å². The van der Waals surface area contributed by atoms with Gasteiger partial charge >= 0.3 is 0 Å². The molecule has 1 unspecified atom stereocenters. The number of carbonyl (C=O) groups excluding carboxylic acids is 1. The van der Waals surface area contributed by atoms with Crippen LogP contribution in [0.5, 0.6) is 0 Å². The average molecular weight is 331 g/mol. The second-order valence-corrected chi connectivity index (χ2v) is 6.06. The van der Waals surface area contributed by atoms with Crippen LogP contribution in [0.25, 0.3) is 11.0 Å². The van der Waals surface area contributed by atoms with Crippen LogP contribution in [-0.4, -0.2) is 26.6 Å². The first-order valence-corrected chi connectivity index (χ1v) is 8.06. The van der Waals surface area contributed by atoms with Gasteiger partial charge in [-0.15, -0.1) is 0 Å². The highest BCUT2D eigenvalue weighted by molar-refractivity contribution is 6.03. The number of aromatic nitrogens is 2. The maximum atomic E-state index is 12.1. The lowest BCUT2D eigenvalue weighted by atomic mass is 9.98. The number of carbonyl (C=O) groups is 1. The second-order valence-electron chi connectivity index (χ2n) is 6.06. The van der Waals surface area contributed by atoms with E-state index < -0.39 is 0 Å². The Morgan fingerprint density at radius 2 is 1.80 bits per heavy atom.